The number of hydrogen-bond acceptors (Lipinski definition) is 4. The van der Waals surface area contributed by atoms with Crippen LogP contribution in [0.25, 0.3) is 0 Å². The van der Waals surface area contributed by atoms with Gasteiger partial charge in [-0.25, -0.2) is 13.1 Å². The maximum absolute atomic E-state index is 12.0. The van der Waals surface area contributed by atoms with E-state index in [2.05, 4.69) is 4.72 Å². The highest BCUT2D eigenvalue weighted by Gasteiger charge is 2.15. The van der Waals surface area contributed by atoms with Crippen LogP contribution >= 0.6 is 0 Å². The summed E-state index contributed by atoms with van der Waals surface area (Å²) in [5, 5.41) is 9.38. The van der Waals surface area contributed by atoms with Gasteiger partial charge in [0, 0.05) is 12.2 Å². The van der Waals surface area contributed by atoms with Crippen LogP contribution in [0, 0.1) is 0 Å². The lowest BCUT2D eigenvalue weighted by molar-refractivity contribution is 0.162. The van der Waals surface area contributed by atoms with E-state index < -0.39 is 16.1 Å². The topological polar surface area (TPSA) is 92.4 Å². The number of nitrogens with one attached hydrogen (secondary N) is 1. The van der Waals surface area contributed by atoms with Crippen molar-refractivity contribution in [1.82, 2.24) is 4.72 Å². The first-order chi connectivity index (χ1) is 8.90. The number of aliphatic hydroxyl groups is 1. The standard InChI is InChI=1S/C13H22N2O3S/c1-3-10-5-6-12(9-13(10)14)19(17,18)15-8-7-11(16)4-2/h5-6,9,11,15-16H,3-4,7-8,14H2,1-2H3. The third-order valence-electron chi connectivity index (χ3n) is 3.05. The maximum Gasteiger partial charge on any atom is 0.240 e. The Morgan fingerprint density at radius 3 is 2.58 bits per heavy atom. The summed E-state index contributed by atoms with van der Waals surface area (Å²) in [4.78, 5) is 0.160. The summed E-state index contributed by atoms with van der Waals surface area (Å²) in [6, 6.07) is 4.75. The van der Waals surface area contributed by atoms with Crippen LogP contribution in [0.15, 0.2) is 23.1 Å². The molecule has 4 N–H and O–H groups in total. The fourth-order valence-corrected chi connectivity index (χ4v) is 2.79. The number of rotatable bonds is 7. The Kier molecular flexibility index (Phi) is 5.78. The molecule has 0 amide bonds. The van der Waals surface area contributed by atoms with Gasteiger partial charge in [0.1, 0.15) is 0 Å². The second-order valence-electron chi connectivity index (χ2n) is 4.46. The van der Waals surface area contributed by atoms with Crippen LogP contribution in [0.1, 0.15) is 32.3 Å². The molecule has 108 valence electrons. The van der Waals surface area contributed by atoms with E-state index >= 15 is 0 Å². The number of anilines is 1. The van der Waals surface area contributed by atoms with Gasteiger partial charge in [0.15, 0.2) is 0 Å². The van der Waals surface area contributed by atoms with Crippen molar-refractivity contribution in [3.05, 3.63) is 23.8 Å². The zero-order valence-corrected chi connectivity index (χ0v) is 12.2. The van der Waals surface area contributed by atoms with Gasteiger partial charge in [-0.05, 0) is 37.0 Å². The zero-order chi connectivity index (χ0) is 14.5. The third kappa shape index (κ3) is 4.49. The molecule has 0 saturated carbocycles. The van der Waals surface area contributed by atoms with Gasteiger partial charge in [-0.15, -0.1) is 0 Å². The van der Waals surface area contributed by atoms with E-state index in [1.165, 1.54) is 6.07 Å². The van der Waals surface area contributed by atoms with E-state index in [9.17, 15) is 13.5 Å². The summed E-state index contributed by atoms with van der Waals surface area (Å²) in [7, 11) is -3.55. The van der Waals surface area contributed by atoms with Gasteiger partial charge in [-0.1, -0.05) is 19.9 Å². The van der Waals surface area contributed by atoms with Crippen LogP contribution in [-0.4, -0.2) is 26.2 Å². The third-order valence-corrected chi connectivity index (χ3v) is 4.51. The van der Waals surface area contributed by atoms with Gasteiger partial charge in [-0.2, -0.15) is 0 Å². The molecule has 0 bridgehead atoms. The Labute approximate surface area is 114 Å². The molecule has 1 unspecified atom stereocenters. The second kappa shape index (κ2) is 6.88. The highest BCUT2D eigenvalue weighted by molar-refractivity contribution is 7.89. The number of aliphatic hydroxyl groups excluding tert-OH is 1. The van der Waals surface area contributed by atoms with Crippen LogP contribution < -0.4 is 10.5 Å². The molecule has 1 aromatic carbocycles. The van der Waals surface area contributed by atoms with E-state index in [0.29, 0.717) is 18.5 Å². The first-order valence-corrected chi connectivity index (χ1v) is 7.95. The molecule has 0 heterocycles. The second-order valence-corrected chi connectivity index (χ2v) is 6.23. The van der Waals surface area contributed by atoms with Gasteiger partial charge >= 0.3 is 0 Å². The Hall–Kier alpha value is -1.11. The first-order valence-electron chi connectivity index (χ1n) is 6.46. The van der Waals surface area contributed by atoms with Crippen molar-refractivity contribution in [1.29, 1.82) is 0 Å². The normalized spacial score (nSPS) is 13.4. The van der Waals surface area contributed by atoms with E-state index in [4.69, 9.17) is 5.73 Å². The highest BCUT2D eigenvalue weighted by atomic mass is 32.2. The molecule has 0 aliphatic carbocycles. The van der Waals surface area contributed by atoms with Crippen LogP contribution in [0.3, 0.4) is 0 Å². The average molecular weight is 286 g/mol. The average Bonchev–Trinajstić information content (AvgIpc) is 2.38. The molecule has 0 radical (unpaired) electrons. The molecule has 1 aromatic rings. The predicted octanol–water partition coefficient (Wildman–Crippen LogP) is 1.27. The fourth-order valence-electron chi connectivity index (χ4n) is 1.71. The summed E-state index contributed by atoms with van der Waals surface area (Å²) in [6.07, 6.45) is 1.30. The molecular weight excluding hydrogens is 264 g/mol. The molecule has 0 aliphatic rings. The van der Waals surface area contributed by atoms with Crippen molar-refractivity contribution < 1.29 is 13.5 Å². The predicted molar refractivity (Wildman–Crippen MR) is 76.3 cm³/mol. The van der Waals surface area contributed by atoms with Crippen molar-refractivity contribution in [3.8, 4) is 0 Å². The van der Waals surface area contributed by atoms with Crippen LogP contribution in [0.4, 0.5) is 5.69 Å². The smallest absolute Gasteiger partial charge is 0.240 e. The van der Waals surface area contributed by atoms with Crippen molar-refractivity contribution in [2.75, 3.05) is 12.3 Å². The lowest BCUT2D eigenvalue weighted by Crippen LogP contribution is -2.27. The first kappa shape index (κ1) is 15.9. The Balaban J connectivity index is 2.75. The number of benzene rings is 1. The quantitative estimate of drug-likeness (QED) is 0.658. The summed E-state index contributed by atoms with van der Waals surface area (Å²) in [5.41, 5.74) is 7.21. The largest absolute Gasteiger partial charge is 0.398 e. The van der Waals surface area contributed by atoms with Gasteiger partial charge in [0.05, 0.1) is 11.0 Å². The molecule has 19 heavy (non-hydrogen) atoms. The molecule has 5 nitrogen and oxygen atoms in total. The zero-order valence-electron chi connectivity index (χ0n) is 11.4. The summed E-state index contributed by atoms with van der Waals surface area (Å²) < 4.78 is 26.5. The number of aryl methyl sites for hydroxylation is 1. The van der Waals surface area contributed by atoms with Gasteiger partial charge in [0.25, 0.3) is 0 Å². The fraction of sp³-hybridized carbons (Fsp3) is 0.538. The molecule has 1 atom stereocenters. The molecule has 0 aromatic heterocycles. The SMILES string of the molecule is CCc1ccc(S(=O)(=O)NCCC(O)CC)cc1N. The molecule has 1 rings (SSSR count). The van der Waals surface area contributed by atoms with Crippen molar-refractivity contribution in [2.45, 2.75) is 44.1 Å². The molecule has 0 aliphatic heterocycles. The Morgan fingerprint density at radius 1 is 1.37 bits per heavy atom. The Morgan fingerprint density at radius 2 is 2.05 bits per heavy atom. The minimum atomic E-state index is -3.55. The van der Waals surface area contributed by atoms with Crippen LogP contribution in [0.5, 0.6) is 0 Å². The van der Waals surface area contributed by atoms with Gasteiger partial charge < -0.3 is 10.8 Å². The van der Waals surface area contributed by atoms with E-state index in [0.717, 1.165) is 12.0 Å². The van der Waals surface area contributed by atoms with Crippen molar-refractivity contribution in [2.24, 2.45) is 0 Å². The van der Waals surface area contributed by atoms with Gasteiger partial charge in [-0.3, -0.25) is 0 Å². The molecular formula is C13H22N2O3S. The number of nitrogen functional groups attached to an aromatic ring is 1. The van der Waals surface area contributed by atoms with Crippen LogP contribution in [-0.2, 0) is 16.4 Å². The van der Waals surface area contributed by atoms with Crippen LogP contribution in [0.2, 0.25) is 0 Å². The number of sulfonamides is 1. The lowest BCUT2D eigenvalue weighted by atomic mass is 10.1. The van der Waals surface area contributed by atoms with E-state index in [-0.39, 0.29) is 11.4 Å². The minimum Gasteiger partial charge on any atom is -0.398 e. The van der Waals surface area contributed by atoms with E-state index in [1.807, 2.05) is 13.8 Å². The minimum absolute atomic E-state index is 0.160. The monoisotopic (exact) mass is 286 g/mol. The maximum atomic E-state index is 12.0. The lowest BCUT2D eigenvalue weighted by Gasteiger charge is -2.11. The molecule has 0 fully saturated rings. The number of nitrogens with two attached hydrogens (primary N) is 1. The Bertz CT molecular complexity index is 515. The van der Waals surface area contributed by atoms with Crippen molar-refractivity contribution in [3.63, 3.8) is 0 Å². The highest BCUT2D eigenvalue weighted by Crippen LogP contribution is 2.18. The number of hydrogen-bond donors (Lipinski definition) is 3. The van der Waals surface area contributed by atoms with Gasteiger partial charge in [0.2, 0.25) is 10.0 Å². The summed E-state index contributed by atoms with van der Waals surface area (Å²) >= 11 is 0. The van der Waals surface area contributed by atoms with Crippen molar-refractivity contribution >= 4 is 15.7 Å². The molecule has 0 spiro atoms. The summed E-state index contributed by atoms with van der Waals surface area (Å²) in [6.45, 7) is 4.03. The summed E-state index contributed by atoms with van der Waals surface area (Å²) in [5.74, 6) is 0. The molecule has 0 saturated heterocycles. The van der Waals surface area contributed by atoms with E-state index in [1.54, 1.807) is 12.1 Å². The molecule has 6 heteroatoms.